The Hall–Kier alpha value is -1.41. The van der Waals surface area contributed by atoms with E-state index in [0.717, 1.165) is 32.1 Å². The molecule has 0 aromatic heterocycles. The van der Waals surface area contributed by atoms with Gasteiger partial charge in [0.25, 0.3) is 0 Å². The lowest BCUT2D eigenvalue weighted by Gasteiger charge is -2.41. The molecule has 13 nitrogen and oxygen atoms in total. The zero-order valence-electron chi connectivity index (χ0n) is 40.3. The summed E-state index contributed by atoms with van der Waals surface area (Å²) in [5, 5.41) is 50.2. The second-order valence-corrected chi connectivity index (χ2v) is 19.8. The number of esters is 2. The summed E-state index contributed by atoms with van der Waals surface area (Å²) < 4.78 is 33.6. The van der Waals surface area contributed by atoms with E-state index >= 15 is 0 Å². The molecule has 8 atom stereocenters. The van der Waals surface area contributed by atoms with Gasteiger partial charge in [-0.05, 0) is 25.7 Å². The first-order chi connectivity index (χ1) is 30.9. The zero-order chi connectivity index (χ0) is 47.1. The smallest absolute Gasteiger partial charge is 0.462 e. The van der Waals surface area contributed by atoms with Crippen molar-refractivity contribution >= 4 is 19.8 Å². The molecule has 6 N–H and O–H groups in total. The van der Waals surface area contributed by atoms with E-state index in [2.05, 4.69) is 13.8 Å². The number of hydrogen-bond donors (Lipinski definition) is 6. The molecule has 0 radical (unpaired) electrons. The third-order valence-electron chi connectivity index (χ3n) is 12.4. The maximum absolute atomic E-state index is 12.8. The highest BCUT2D eigenvalue weighted by Crippen LogP contribution is 2.47. The van der Waals surface area contributed by atoms with Crippen molar-refractivity contribution in [3.8, 4) is 0 Å². The number of phosphoric acid groups is 1. The fourth-order valence-corrected chi connectivity index (χ4v) is 9.16. The maximum Gasteiger partial charge on any atom is 0.472 e. The molecule has 0 bridgehead atoms. The molecule has 64 heavy (non-hydrogen) atoms. The Morgan fingerprint density at radius 1 is 0.469 bits per heavy atom. The van der Waals surface area contributed by atoms with Crippen molar-refractivity contribution in [2.24, 2.45) is 0 Å². The normalized spacial score (nSPS) is 21.6. The maximum atomic E-state index is 12.8. The monoisotopic (exact) mass is 935 g/mol. The van der Waals surface area contributed by atoms with Gasteiger partial charge < -0.3 is 39.9 Å². The molecule has 0 saturated heterocycles. The van der Waals surface area contributed by atoms with E-state index in [4.69, 9.17) is 18.5 Å². The average molecular weight is 935 g/mol. The molecule has 6 unspecified atom stereocenters. The molecule has 0 heterocycles. The Kier molecular flexibility index (Phi) is 38.5. The predicted molar refractivity (Wildman–Crippen MR) is 254 cm³/mol. The summed E-state index contributed by atoms with van der Waals surface area (Å²) >= 11 is 0. The number of carbonyl (C=O) groups excluding carboxylic acids is 2. The lowest BCUT2D eigenvalue weighted by Crippen LogP contribution is -2.64. The molecule has 378 valence electrons. The number of rotatable bonds is 44. The molecule has 1 fully saturated rings. The van der Waals surface area contributed by atoms with Gasteiger partial charge in [0.15, 0.2) is 6.10 Å². The van der Waals surface area contributed by atoms with Gasteiger partial charge >= 0.3 is 19.8 Å². The predicted octanol–water partition coefficient (Wildman–Crippen LogP) is 11.0. The zero-order valence-corrected chi connectivity index (χ0v) is 41.2. The molecule has 0 aromatic carbocycles. The van der Waals surface area contributed by atoms with E-state index in [1.54, 1.807) is 0 Å². The van der Waals surface area contributed by atoms with Crippen molar-refractivity contribution in [1.82, 2.24) is 0 Å². The number of aliphatic hydroxyl groups is 5. The van der Waals surface area contributed by atoms with Gasteiger partial charge in [-0.1, -0.05) is 212 Å². The van der Waals surface area contributed by atoms with E-state index in [-0.39, 0.29) is 12.8 Å². The number of ether oxygens (including phenoxy) is 2. The fourth-order valence-electron chi connectivity index (χ4n) is 8.19. The summed E-state index contributed by atoms with van der Waals surface area (Å²) in [6.45, 7) is 3.31. The van der Waals surface area contributed by atoms with Crippen molar-refractivity contribution in [1.29, 1.82) is 0 Å². The second-order valence-electron chi connectivity index (χ2n) is 18.4. The third kappa shape index (κ3) is 32.3. The second kappa shape index (κ2) is 40.6. The van der Waals surface area contributed by atoms with E-state index in [0.29, 0.717) is 12.8 Å². The molecule has 1 aliphatic carbocycles. The number of hydrogen-bond acceptors (Lipinski definition) is 12. The molecule has 0 amide bonds. The highest BCUT2D eigenvalue weighted by molar-refractivity contribution is 7.47. The Balaban J connectivity index is 2.38. The largest absolute Gasteiger partial charge is 0.472 e. The molecule has 1 rings (SSSR count). The van der Waals surface area contributed by atoms with Crippen molar-refractivity contribution in [2.45, 2.75) is 281 Å². The Labute approximate surface area is 388 Å². The summed E-state index contributed by atoms with van der Waals surface area (Å²) in [6.07, 6.45) is 31.4. The lowest BCUT2D eigenvalue weighted by molar-refractivity contribution is -0.220. The summed E-state index contributed by atoms with van der Waals surface area (Å²) in [5.74, 6) is -1.14. The molecule has 1 aliphatic rings. The van der Waals surface area contributed by atoms with Gasteiger partial charge in [-0.15, -0.1) is 0 Å². The van der Waals surface area contributed by atoms with E-state index in [9.17, 15) is 44.6 Å². The van der Waals surface area contributed by atoms with Gasteiger partial charge in [-0.25, -0.2) is 4.57 Å². The third-order valence-corrected chi connectivity index (χ3v) is 13.4. The Morgan fingerprint density at radius 3 is 1.25 bits per heavy atom. The van der Waals surface area contributed by atoms with Crippen LogP contribution in [0.5, 0.6) is 0 Å². The SMILES string of the molecule is CCCCCCCCCCCCC/C=C/CCC(=O)O[C@@H](COC(=O)CCCCCCCCCCCCCCCCCCCCCC)COP(=O)(O)OC1C(O)C(O)C(O)[C@H](O)C1O. The quantitative estimate of drug-likeness (QED) is 0.0146. The van der Waals surface area contributed by atoms with Gasteiger partial charge in [0.1, 0.15) is 43.2 Å². The van der Waals surface area contributed by atoms with E-state index in [1.807, 2.05) is 12.2 Å². The van der Waals surface area contributed by atoms with Crippen LogP contribution in [0.15, 0.2) is 12.2 Å². The molecule has 14 heteroatoms. The van der Waals surface area contributed by atoms with Crippen molar-refractivity contribution in [2.75, 3.05) is 13.2 Å². The highest BCUT2D eigenvalue weighted by Gasteiger charge is 2.51. The number of carbonyl (C=O) groups is 2. The minimum absolute atomic E-state index is 0.0183. The fraction of sp³-hybridized carbons (Fsp3) is 0.920. The number of phosphoric ester groups is 1. The summed E-state index contributed by atoms with van der Waals surface area (Å²) in [4.78, 5) is 35.8. The first kappa shape index (κ1) is 60.6. The minimum Gasteiger partial charge on any atom is -0.462 e. The van der Waals surface area contributed by atoms with Crippen LogP contribution in [0.25, 0.3) is 0 Å². The van der Waals surface area contributed by atoms with Crippen molar-refractivity contribution < 1.29 is 63.1 Å². The standard InChI is InChI=1S/C50H95O13P/c1-3-5-7-9-11-13-15-17-19-20-21-22-23-25-26-28-30-32-34-36-38-43(51)60-40-42(41-61-64(58,59)63-50-48(56)46(54)45(53)47(55)49(50)57)62-44(52)39-37-35-33-31-29-27-24-18-16-14-12-10-8-6-4-2/h33,35,42,45-50,53-57H,3-32,34,36-41H2,1-2H3,(H,58,59)/b35-33+/t42-,45?,46-,47?,48?,49?,50?/m0/s1. The highest BCUT2D eigenvalue weighted by atomic mass is 31.2. The van der Waals surface area contributed by atoms with Crippen LogP contribution in [0.1, 0.15) is 239 Å². The topological polar surface area (TPSA) is 210 Å². The Morgan fingerprint density at radius 2 is 0.828 bits per heavy atom. The van der Waals surface area contributed by atoms with Gasteiger partial charge in [0.2, 0.25) is 0 Å². The van der Waals surface area contributed by atoms with Crippen LogP contribution in [-0.2, 0) is 32.7 Å². The number of unbranched alkanes of at least 4 members (excludes halogenated alkanes) is 30. The number of aliphatic hydroxyl groups excluding tert-OH is 5. The van der Waals surface area contributed by atoms with Crippen LogP contribution in [0, 0.1) is 0 Å². The molecule has 0 aromatic rings. The van der Waals surface area contributed by atoms with Crippen molar-refractivity contribution in [3.05, 3.63) is 12.2 Å². The summed E-state index contributed by atoms with van der Waals surface area (Å²) in [7, 11) is -5.12. The first-order valence-corrected chi connectivity index (χ1v) is 27.5. The molecular formula is C50H95O13P. The molecule has 1 saturated carbocycles. The van der Waals surface area contributed by atoms with Crippen LogP contribution in [-0.4, -0.2) is 98.3 Å². The Bertz CT molecular complexity index is 1170. The molecular weight excluding hydrogens is 840 g/mol. The summed E-state index contributed by atoms with van der Waals surface area (Å²) in [5.41, 5.74) is 0. The van der Waals surface area contributed by atoms with Crippen LogP contribution in [0.4, 0.5) is 0 Å². The van der Waals surface area contributed by atoms with E-state index in [1.165, 1.54) is 167 Å². The van der Waals surface area contributed by atoms with Gasteiger partial charge in [0, 0.05) is 12.8 Å². The van der Waals surface area contributed by atoms with Crippen LogP contribution >= 0.6 is 7.82 Å². The lowest BCUT2D eigenvalue weighted by atomic mass is 9.85. The average Bonchev–Trinajstić information content (AvgIpc) is 3.28. The van der Waals surface area contributed by atoms with Gasteiger partial charge in [0.05, 0.1) is 6.61 Å². The number of allylic oxidation sites excluding steroid dienone is 2. The van der Waals surface area contributed by atoms with Gasteiger partial charge in [-0.3, -0.25) is 18.6 Å². The van der Waals surface area contributed by atoms with E-state index < -0.39 is 75.7 Å². The molecule has 0 aliphatic heterocycles. The van der Waals surface area contributed by atoms with Crippen LogP contribution in [0.3, 0.4) is 0 Å². The minimum atomic E-state index is -5.12. The molecule has 0 spiro atoms. The van der Waals surface area contributed by atoms with Gasteiger partial charge in [-0.2, -0.15) is 0 Å². The summed E-state index contributed by atoms with van der Waals surface area (Å²) in [6, 6.07) is 0. The van der Waals surface area contributed by atoms with Crippen molar-refractivity contribution in [3.63, 3.8) is 0 Å². The van der Waals surface area contributed by atoms with Crippen LogP contribution < -0.4 is 0 Å². The van der Waals surface area contributed by atoms with Crippen LogP contribution in [0.2, 0.25) is 0 Å². The first-order valence-electron chi connectivity index (χ1n) is 26.0.